The predicted octanol–water partition coefficient (Wildman–Crippen LogP) is 0.772. The SMILES string of the molecule is Cn1c(=O)n(-c2cc(N(C#N)S(C)(=O)=O)c(Cl)cc2F)c(=O)n1C(F)F. The number of benzene rings is 1. The summed E-state index contributed by atoms with van der Waals surface area (Å²) in [5.41, 5.74) is -4.29. The van der Waals surface area contributed by atoms with Gasteiger partial charge in [-0.3, -0.25) is 0 Å². The highest BCUT2D eigenvalue weighted by atomic mass is 35.5. The van der Waals surface area contributed by atoms with Crippen molar-refractivity contribution >= 4 is 27.3 Å². The first-order valence-electron chi connectivity index (χ1n) is 6.50. The molecule has 0 unspecified atom stereocenters. The van der Waals surface area contributed by atoms with Crippen LogP contribution in [0.2, 0.25) is 5.02 Å². The monoisotopic (exact) mass is 411 g/mol. The molecule has 0 spiro atoms. The van der Waals surface area contributed by atoms with E-state index in [1.54, 1.807) is 0 Å². The number of sulfonamides is 1. The highest BCUT2D eigenvalue weighted by Gasteiger charge is 2.26. The van der Waals surface area contributed by atoms with Crippen LogP contribution in [0, 0.1) is 17.3 Å². The van der Waals surface area contributed by atoms with E-state index in [2.05, 4.69) is 0 Å². The van der Waals surface area contributed by atoms with Crippen molar-refractivity contribution in [2.24, 2.45) is 7.05 Å². The van der Waals surface area contributed by atoms with Crippen LogP contribution in [0.3, 0.4) is 0 Å². The van der Waals surface area contributed by atoms with Gasteiger partial charge in [-0.25, -0.2) is 31.6 Å². The lowest BCUT2D eigenvalue weighted by Crippen LogP contribution is -2.29. The Kier molecular flexibility index (Phi) is 4.93. The van der Waals surface area contributed by atoms with E-state index in [1.165, 1.54) is 6.19 Å². The summed E-state index contributed by atoms with van der Waals surface area (Å²) in [4.78, 5) is 24.1. The van der Waals surface area contributed by atoms with Crippen LogP contribution in [0.5, 0.6) is 0 Å². The average Bonchev–Trinajstić information content (AvgIpc) is 2.71. The normalized spacial score (nSPS) is 11.6. The molecule has 0 N–H and O–H groups in total. The third-order valence-electron chi connectivity index (χ3n) is 3.26. The van der Waals surface area contributed by atoms with Crippen LogP contribution in [-0.2, 0) is 17.1 Å². The van der Waals surface area contributed by atoms with Crippen LogP contribution in [-0.4, -0.2) is 28.6 Å². The van der Waals surface area contributed by atoms with Crippen LogP contribution in [0.1, 0.15) is 6.55 Å². The standard InChI is InChI=1S/C12H9ClF3N5O4S/c1-18-11(22)20(12(23)21(18)10(15)16)9-4-8(6(13)3-7(9)14)19(5-17)26(2,24)25/h3-4,10H,1-2H3. The molecule has 140 valence electrons. The number of hydrogen-bond donors (Lipinski definition) is 0. The third-order valence-corrected chi connectivity index (χ3v) is 4.51. The van der Waals surface area contributed by atoms with Crippen LogP contribution in [0.25, 0.3) is 5.69 Å². The molecule has 14 heteroatoms. The minimum atomic E-state index is -4.17. The molecule has 0 atom stereocenters. The molecule has 0 aliphatic rings. The summed E-state index contributed by atoms with van der Waals surface area (Å²) in [6, 6.07) is 1.17. The van der Waals surface area contributed by atoms with E-state index in [0.29, 0.717) is 18.4 Å². The fourth-order valence-corrected chi connectivity index (χ4v) is 3.07. The molecular formula is C12H9ClF3N5O4S. The summed E-state index contributed by atoms with van der Waals surface area (Å²) >= 11 is 5.74. The lowest BCUT2D eigenvalue weighted by molar-refractivity contribution is 0.0402. The number of halogens is 4. The molecule has 1 heterocycles. The molecule has 0 aliphatic heterocycles. The number of aromatic nitrogens is 3. The zero-order valence-corrected chi connectivity index (χ0v) is 14.6. The molecule has 0 radical (unpaired) electrons. The summed E-state index contributed by atoms with van der Waals surface area (Å²) in [5.74, 6) is -1.27. The maximum atomic E-state index is 14.2. The quantitative estimate of drug-likeness (QED) is 0.545. The van der Waals surface area contributed by atoms with Gasteiger partial charge >= 0.3 is 17.9 Å². The molecule has 1 aromatic heterocycles. The van der Waals surface area contributed by atoms with Crippen molar-refractivity contribution in [1.82, 2.24) is 13.9 Å². The van der Waals surface area contributed by atoms with Crippen molar-refractivity contribution in [3.05, 3.63) is 43.9 Å². The van der Waals surface area contributed by atoms with E-state index < -0.39 is 50.2 Å². The Hall–Kier alpha value is -2.72. The van der Waals surface area contributed by atoms with Gasteiger partial charge < -0.3 is 0 Å². The highest BCUT2D eigenvalue weighted by Crippen LogP contribution is 2.31. The first-order valence-corrected chi connectivity index (χ1v) is 8.72. The fourth-order valence-electron chi connectivity index (χ4n) is 2.13. The van der Waals surface area contributed by atoms with Crippen molar-refractivity contribution in [2.75, 3.05) is 10.6 Å². The minimum absolute atomic E-state index is 0.0686. The van der Waals surface area contributed by atoms with Crippen molar-refractivity contribution < 1.29 is 21.6 Å². The molecule has 26 heavy (non-hydrogen) atoms. The first-order chi connectivity index (χ1) is 11.9. The maximum Gasteiger partial charge on any atom is 0.356 e. The van der Waals surface area contributed by atoms with Crippen molar-refractivity contribution in [2.45, 2.75) is 6.55 Å². The summed E-state index contributed by atoms with van der Waals surface area (Å²) in [5, 5.41) is 8.49. The number of anilines is 1. The molecule has 0 fully saturated rings. The largest absolute Gasteiger partial charge is 0.356 e. The van der Waals surface area contributed by atoms with Gasteiger partial charge in [0.1, 0.15) is 5.82 Å². The van der Waals surface area contributed by atoms with E-state index in [9.17, 15) is 31.2 Å². The fraction of sp³-hybridized carbons (Fsp3) is 0.250. The molecule has 9 nitrogen and oxygen atoms in total. The second-order valence-electron chi connectivity index (χ2n) is 4.93. The summed E-state index contributed by atoms with van der Waals surface area (Å²) in [6.45, 7) is -3.39. The molecule has 0 aliphatic carbocycles. The van der Waals surface area contributed by atoms with E-state index in [4.69, 9.17) is 16.9 Å². The van der Waals surface area contributed by atoms with Gasteiger partial charge in [0.2, 0.25) is 10.0 Å². The zero-order chi connectivity index (χ0) is 20.0. The Morgan fingerprint density at radius 2 is 1.85 bits per heavy atom. The van der Waals surface area contributed by atoms with Gasteiger partial charge in [0.25, 0.3) is 0 Å². The molecule has 2 rings (SSSR count). The molecule has 0 saturated carbocycles. The molecule has 0 bridgehead atoms. The van der Waals surface area contributed by atoms with Gasteiger partial charge in [0, 0.05) is 7.05 Å². The first kappa shape index (κ1) is 19.6. The second-order valence-corrected chi connectivity index (χ2v) is 7.17. The van der Waals surface area contributed by atoms with E-state index in [1.807, 2.05) is 0 Å². The Morgan fingerprint density at radius 1 is 1.27 bits per heavy atom. The van der Waals surface area contributed by atoms with E-state index >= 15 is 0 Å². The Bertz CT molecular complexity index is 1150. The predicted molar refractivity (Wildman–Crippen MR) is 84.4 cm³/mol. The number of nitriles is 1. The molecule has 1 aromatic carbocycles. The Morgan fingerprint density at radius 3 is 2.27 bits per heavy atom. The van der Waals surface area contributed by atoms with Crippen LogP contribution in [0.4, 0.5) is 18.9 Å². The van der Waals surface area contributed by atoms with Gasteiger partial charge in [-0.05, 0) is 12.1 Å². The smallest absolute Gasteiger partial charge is 0.246 e. The van der Waals surface area contributed by atoms with Crippen LogP contribution in [0.15, 0.2) is 21.7 Å². The number of rotatable bonds is 4. The van der Waals surface area contributed by atoms with Gasteiger partial charge in [-0.15, -0.1) is 0 Å². The molecule has 2 aromatic rings. The zero-order valence-electron chi connectivity index (χ0n) is 13.0. The number of alkyl halides is 2. The summed E-state index contributed by atoms with van der Waals surface area (Å²) in [6.07, 6.45) is 1.96. The third kappa shape index (κ3) is 3.08. The van der Waals surface area contributed by atoms with Crippen LogP contribution >= 0.6 is 11.6 Å². The van der Waals surface area contributed by atoms with Gasteiger partial charge in [-0.1, -0.05) is 11.6 Å². The summed E-state index contributed by atoms with van der Waals surface area (Å²) in [7, 11) is -3.31. The van der Waals surface area contributed by atoms with Crippen molar-refractivity contribution in [3.8, 4) is 11.9 Å². The number of hydrogen-bond acceptors (Lipinski definition) is 5. The van der Waals surface area contributed by atoms with Crippen LogP contribution < -0.4 is 15.7 Å². The number of nitrogens with zero attached hydrogens (tertiary/aromatic N) is 5. The van der Waals surface area contributed by atoms with E-state index in [0.717, 1.165) is 7.05 Å². The van der Waals surface area contributed by atoms with Gasteiger partial charge in [-0.2, -0.15) is 23.0 Å². The minimum Gasteiger partial charge on any atom is -0.246 e. The van der Waals surface area contributed by atoms with E-state index in [-0.39, 0.29) is 18.2 Å². The lowest BCUT2D eigenvalue weighted by Gasteiger charge is -2.16. The second kappa shape index (κ2) is 6.54. The Balaban J connectivity index is 2.89. The van der Waals surface area contributed by atoms with Gasteiger partial charge in [0.05, 0.1) is 22.7 Å². The van der Waals surface area contributed by atoms with Gasteiger partial charge in [0.15, 0.2) is 6.19 Å². The topological polar surface area (TPSA) is 110 Å². The van der Waals surface area contributed by atoms with Crippen molar-refractivity contribution in [3.63, 3.8) is 0 Å². The maximum absolute atomic E-state index is 14.2. The summed E-state index contributed by atoms with van der Waals surface area (Å²) < 4.78 is 63.6. The lowest BCUT2D eigenvalue weighted by atomic mass is 10.2. The molecule has 0 amide bonds. The molecule has 0 saturated heterocycles. The molecular weight excluding hydrogens is 403 g/mol. The van der Waals surface area contributed by atoms with Crippen molar-refractivity contribution in [1.29, 1.82) is 5.26 Å². The highest BCUT2D eigenvalue weighted by molar-refractivity contribution is 7.92. The average molecular weight is 412 g/mol. The Labute approximate surface area is 148 Å².